The van der Waals surface area contributed by atoms with Crippen LogP contribution in [0.15, 0.2) is 42.5 Å². The van der Waals surface area contributed by atoms with E-state index in [9.17, 15) is 14.0 Å². The Labute approximate surface area is 221 Å². The lowest BCUT2D eigenvalue weighted by Crippen LogP contribution is -2.43. The second kappa shape index (κ2) is 9.63. The van der Waals surface area contributed by atoms with E-state index in [0.717, 1.165) is 46.5 Å². The maximum atomic E-state index is 14.4. The number of aryl methyl sites for hydroxylation is 1. The highest BCUT2D eigenvalue weighted by molar-refractivity contribution is 8.00. The number of nitrogens with zero attached hydrogens (tertiary/aromatic N) is 3. The third-order valence-corrected chi connectivity index (χ3v) is 8.25. The van der Waals surface area contributed by atoms with Gasteiger partial charge in [0, 0.05) is 17.0 Å². The number of hydrogen-bond acceptors (Lipinski definition) is 4. The molecule has 37 heavy (non-hydrogen) atoms. The minimum Gasteiger partial charge on any atom is -0.352 e. The number of hydrogen-bond donors (Lipinski definition) is 1. The molecule has 0 spiro atoms. The van der Waals surface area contributed by atoms with Crippen molar-refractivity contribution >= 4 is 29.4 Å². The molecule has 2 aliphatic rings. The summed E-state index contributed by atoms with van der Waals surface area (Å²) in [6.45, 7) is 10.3. The molecule has 2 aromatic carbocycles. The number of anilines is 1. The van der Waals surface area contributed by atoms with Crippen molar-refractivity contribution in [3.8, 4) is 5.69 Å². The van der Waals surface area contributed by atoms with E-state index in [1.165, 1.54) is 23.9 Å². The number of rotatable bonds is 5. The zero-order chi connectivity index (χ0) is 26.5. The van der Waals surface area contributed by atoms with Crippen LogP contribution in [0.4, 0.5) is 10.2 Å². The van der Waals surface area contributed by atoms with E-state index in [2.05, 4.69) is 26.1 Å². The lowest BCUT2D eigenvalue weighted by Gasteiger charge is -2.25. The molecule has 1 atom stereocenters. The summed E-state index contributed by atoms with van der Waals surface area (Å²) in [5.41, 5.74) is 5.09. The summed E-state index contributed by atoms with van der Waals surface area (Å²) in [6, 6.07) is 12.8. The molecule has 6 nitrogen and oxygen atoms in total. The van der Waals surface area contributed by atoms with Crippen molar-refractivity contribution in [1.29, 1.82) is 0 Å². The molecular formula is C29H33FN4O2S. The van der Waals surface area contributed by atoms with E-state index in [1.807, 2.05) is 42.8 Å². The van der Waals surface area contributed by atoms with Crippen LogP contribution >= 0.6 is 11.8 Å². The van der Waals surface area contributed by atoms with E-state index in [1.54, 1.807) is 11.0 Å². The first-order valence-electron chi connectivity index (χ1n) is 12.7. The molecule has 1 aromatic heterocycles. The van der Waals surface area contributed by atoms with Gasteiger partial charge < -0.3 is 5.32 Å². The Kier molecular flexibility index (Phi) is 6.64. The SMILES string of the molecule is Cc1cccc(-n2nc(C(C)(C)C)c3c2N(CC(=O)NC2CC2)C(=O)CS[C@H]3c2cccc(F)c2)c1C. The maximum Gasteiger partial charge on any atom is 0.240 e. The third-order valence-electron chi connectivity index (χ3n) is 7.00. The van der Waals surface area contributed by atoms with Crippen molar-refractivity contribution in [2.24, 2.45) is 0 Å². The largest absolute Gasteiger partial charge is 0.352 e. The average molecular weight is 521 g/mol. The fourth-order valence-electron chi connectivity index (χ4n) is 4.78. The number of nitrogens with one attached hydrogen (secondary N) is 1. The molecule has 8 heteroatoms. The average Bonchev–Trinajstić information content (AvgIpc) is 3.57. The molecule has 1 saturated carbocycles. The number of carbonyl (C=O) groups excluding carboxylic acids is 2. The minimum atomic E-state index is -0.367. The zero-order valence-corrected chi connectivity index (χ0v) is 22.8. The second-order valence-electron chi connectivity index (χ2n) is 11.0. The van der Waals surface area contributed by atoms with Crippen molar-refractivity contribution < 1.29 is 14.0 Å². The molecular weight excluding hydrogens is 487 g/mol. The van der Waals surface area contributed by atoms with Gasteiger partial charge in [-0.25, -0.2) is 9.07 Å². The highest BCUT2D eigenvalue weighted by Gasteiger charge is 2.40. The summed E-state index contributed by atoms with van der Waals surface area (Å²) < 4.78 is 16.2. The minimum absolute atomic E-state index is 0.0844. The molecule has 0 radical (unpaired) electrons. The molecule has 5 rings (SSSR count). The van der Waals surface area contributed by atoms with Gasteiger partial charge in [0.2, 0.25) is 11.8 Å². The number of fused-ring (bicyclic) bond motifs is 1. The van der Waals surface area contributed by atoms with Gasteiger partial charge in [0.15, 0.2) is 0 Å². The standard InChI is InChI=1S/C29H33FN4O2S/c1-17-8-6-11-22(18(17)2)34-28-25(27(32-34)29(3,4)5)26(19-9-7-10-20(30)14-19)37-16-24(36)33(28)15-23(35)31-21-12-13-21/h6-11,14,21,26H,12-13,15-16H2,1-5H3,(H,31,35)/t26-/m0/s1. The van der Waals surface area contributed by atoms with Crippen molar-refractivity contribution in [2.75, 3.05) is 17.2 Å². The predicted octanol–water partition coefficient (Wildman–Crippen LogP) is 5.37. The van der Waals surface area contributed by atoms with Gasteiger partial charge in [-0.05, 0) is 61.6 Å². The van der Waals surface area contributed by atoms with Gasteiger partial charge >= 0.3 is 0 Å². The van der Waals surface area contributed by atoms with E-state index in [-0.39, 0.29) is 46.6 Å². The van der Waals surface area contributed by atoms with Crippen molar-refractivity contribution in [3.05, 3.63) is 76.2 Å². The van der Waals surface area contributed by atoms with Crippen molar-refractivity contribution in [3.63, 3.8) is 0 Å². The first-order chi connectivity index (χ1) is 17.5. The monoisotopic (exact) mass is 520 g/mol. The Morgan fingerprint density at radius 2 is 1.89 bits per heavy atom. The second-order valence-corrected chi connectivity index (χ2v) is 12.1. The molecule has 1 aliphatic carbocycles. The zero-order valence-electron chi connectivity index (χ0n) is 22.0. The Morgan fingerprint density at radius 3 is 2.57 bits per heavy atom. The molecule has 2 heterocycles. The quantitative estimate of drug-likeness (QED) is 0.491. The number of aromatic nitrogens is 2. The molecule has 0 bridgehead atoms. The van der Waals surface area contributed by atoms with Gasteiger partial charge in [0.25, 0.3) is 0 Å². The molecule has 0 saturated heterocycles. The highest BCUT2D eigenvalue weighted by Crippen LogP contribution is 2.48. The summed E-state index contributed by atoms with van der Waals surface area (Å²) in [5.74, 6) is 0.0946. The topological polar surface area (TPSA) is 67.2 Å². The summed E-state index contributed by atoms with van der Waals surface area (Å²) in [4.78, 5) is 28.3. The Balaban J connectivity index is 1.78. The van der Waals surface area contributed by atoms with E-state index in [4.69, 9.17) is 5.10 Å². The number of benzene rings is 2. The molecule has 1 aliphatic heterocycles. The summed E-state index contributed by atoms with van der Waals surface area (Å²) in [7, 11) is 0. The van der Waals surface area contributed by atoms with Crippen LogP contribution in [0, 0.1) is 19.7 Å². The number of amides is 2. The lowest BCUT2D eigenvalue weighted by molar-refractivity contribution is -0.123. The van der Waals surface area contributed by atoms with Crippen LogP contribution in [0.2, 0.25) is 0 Å². The van der Waals surface area contributed by atoms with Gasteiger partial charge in [-0.1, -0.05) is 45.0 Å². The van der Waals surface area contributed by atoms with Crippen LogP contribution in [-0.2, 0) is 15.0 Å². The highest BCUT2D eigenvalue weighted by atomic mass is 32.2. The van der Waals surface area contributed by atoms with Crippen LogP contribution in [0.1, 0.15) is 66.8 Å². The van der Waals surface area contributed by atoms with Crippen LogP contribution in [-0.4, -0.2) is 39.9 Å². The van der Waals surface area contributed by atoms with Crippen molar-refractivity contribution in [2.45, 2.75) is 64.2 Å². The van der Waals surface area contributed by atoms with E-state index < -0.39 is 0 Å². The first-order valence-corrected chi connectivity index (χ1v) is 13.8. The third kappa shape index (κ3) is 5.04. The molecule has 0 unspecified atom stereocenters. The van der Waals surface area contributed by atoms with Gasteiger partial charge in [-0.15, -0.1) is 11.8 Å². The maximum absolute atomic E-state index is 14.4. The molecule has 2 amide bonds. The van der Waals surface area contributed by atoms with Crippen LogP contribution in [0.3, 0.4) is 0 Å². The fraction of sp³-hybridized carbons (Fsp3) is 0.414. The van der Waals surface area contributed by atoms with Crippen LogP contribution < -0.4 is 10.2 Å². The number of halogens is 1. The smallest absolute Gasteiger partial charge is 0.240 e. The fourth-order valence-corrected chi connectivity index (χ4v) is 5.97. The Morgan fingerprint density at radius 1 is 1.16 bits per heavy atom. The number of carbonyl (C=O) groups is 2. The van der Waals surface area contributed by atoms with Gasteiger partial charge in [-0.3, -0.25) is 14.5 Å². The van der Waals surface area contributed by atoms with Gasteiger partial charge in [0.05, 0.1) is 22.4 Å². The molecule has 194 valence electrons. The molecule has 1 fully saturated rings. The summed E-state index contributed by atoms with van der Waals surface area (Å²) in [5, 5.41) is 7.83. The van der Waals surface area contributed by atoms with Crippen LogP contribution in [0.5, 0.6) is 0 Å². The van der Waals surface area contributed by atoms with Crippen molar-refractivity contribution in [1.82, 2.24) is 15.1 Å². The van der Waals surface area contributed by atoms with Crippen LogP contribution in [0.25, 0.3) is 5.69 Å². The number of thioether (sulfide) groups is 1. The van der Waals surface area contributed by atoms with E-state index in [0.29, 0.717) is 5.82 Å². The predicted molar refractivity (Wildman–Crippen MR) is 146 cm³/mol. The van der Waals surface area contributed by atoms with Gasteiger partial charge in [-0.2, -0.15) is 5.10 Å². The normalized spacial score (nSPS) is 17.9. The summed E-state index contributed by atoms with van der Waals surface area (Å²) >= 11 is 1.46. The molecule has 3 aromatic rings. The summed E-state index contributed by atoms with van der Waals surface area (Å²) in [6.07, 6.45) is 1.94. The Hall–Kier alpha value is -3.13. The van der Waals surface area contributed by atoms with E-state index >= 15 is 0 Å². The lowest BCUT2D eigenvalue weighted by atomic mass is 9.87. The van der Waals surface area contributed by atoms with Gasteiger partial charge in [0.1, 0.15) is 18.2 Å². The first kappa shape index (κ1) is 25.5. The molecule has 1 N–H and O–H groups in total. The Bertz CT molecular complexity index is 1370.